The van der Waals surface area contributed by atoms with Crippen molar-refractivity contribution < 1.29 is 37.5 Å². The zero-order valence-electron chi connectivity index (χ0n) is 8.04. The van der Waals surface area contributed by atoms with Crippen LogP contribution in [0.3, 0.4) is 0 Å². The van der Waals surface area contributed by atoms with Gasteiger partial charge in [-0.2, -0.15) is 26.9 Å². The molecule has 0 saturated carbocycles. The molecule has 0 aromatic heterocycles. The van der Waals surface area contributed by atoms with Gasteiger partial charge < -0.3 is 30.3 Å². The number of rotatable bonds is 0. The maximum absolute atomic E-state index is 5.73. The van der Waals surface area contributed by atoms with Crippen molar-refractivity contribution in [2.24, 2.45) is 0 Å². The average molecular weight is 425 g/mol. The molecule has 6 heteroatoms. The van der Waals surface area contributed by atoms with Crippen molar-refractivity contribution in [3.05, 3.63) is 46.4 Å². The molecule has 98 valence electrons. The second-order valence-corrected chi connectivity index (χ2v) is 4.62. The molecule has 0 aliphatic rings. The van der Waals surface area contributed by atoms with Gasteiger partial charge in [0.25, 0.3) is 0 Å². The van der Waals surface area contributed by atoms with Crippen molar-refractivity contribution in [1.82, 2.24) is 0 Å². The van der Waals surface area contributed by atoms with Gasteiger partial charge in [0, 0.05) is 37.5 Å². The first-order valence-electron chi connectivity index (χ1n) is 3.95. The molecule has 0 aliphatic heterocycles. The summed E-state index contributed by atoms with van der Waals surface area (Å²) in [7, 11) is 5.08. The molecule has 2 atom stereocenters. The monoisotopic (exact) mass is 424 g/mol. The van der Waals surface area contributed by atoms with E-state index in [4.69, 9.17) is 23.2 Å². The molecule has 2 aromatic rings. The van der Waals surface area contributed by atoms with E-state index in [9.17, 15) is 0 Å². The average Bonchev–Trinajstić information content (AvgIpc) is 2.78. The summed E-state index contributed by atoms with van der Waals surface area (Å²) in [5.74, 6) is 0. The molecule has 2 aromatic carbocycles. The Balaban J connectivity index is 0. The number of halogens is 2. The van der Waals surface area contributed by atoms with Crippen molar-refractivity contribution in [2.45, 2.75) is 0 Å². The molecule has 2 rings (SSSR count). The zero-order chi connectivity index (χ0) is 10.6. The third kappa shape index (κ3) is 6.31. The molecule has 0 spiro atoms. The summed E-state index contributed by atoms with van der Waals surface area (Å²) in [6, 6.07) is 11.8. The number of hydrogen-bond donors (Lipinski definition) is 0. The molecule has 2 unspecified atom stereocenters. The van der Waals surface area contributed by atoms with E-state index < -0.39 is 0 Å². The number of hydrogen-bond acceptors (Lipinski definition) is 0. The molecule has 0 amide bonds. The van der Waals surface area contributed by atoms with Crippen molar-refractivity contribution in [3.63, 3.8) is 0 Å². The van der Waals surface area contributed by atoms with Crippen LogP contribution in [-0.2, 0) is 37.5 Å². The molecule has 0 radical (unpaired) electrons. The van der Waals surface area contributed by atoms with Gasteiger partial charge >= 0.3 is 0 Å². The summed E-state index contributed by atoms with van der Waals surface area (Å²) in [4.78, 5) is 0. The van der Waals surface area contributed by atoms with E-state index in [1.54, 1.807) is 0 Å². The summed E-state index contributed by atoms with van der Waals surface area (Å²) in [5.41, 5.74) is 0. The van der Waals surface area contributed by atoms with E-state index in [2.05, 4.69) is 18.5 Å². The minimum Gasteiger partial charge on any atom is -0.748 e. The molecule has 0 saturated heterocycles. The first-order valence-corrected chi connectivity index (χ1v) is 5.86. The fourth-order valence-electron chi connectivity index (χ4n) is 0.854. The summed E-state index contributed by atoms with van der Waals surface area (Å²) in [6.07, 6.45) is 0. The van der Waals surface area contributed by atoms with Crippen molar-refractivity contribution in [2.75, 3.05) is 0 Å². The van der Waals surface area contributed by atoms with Gasteiger partial charge in [-0.3, -0.25) is 0 Å². The predicted molar refractivity (Wildman–Crippen MR) is 72.8 cm³/mol. The van der Waals surface area contributed by atoms with Crippen LogP contribution in [-0.4, -0.2) is 0 Å². The first kappa shape index (κ1) is 19.7. The van der Waals surface area contributed by atoms with Crippen molar-refractivity contribution in [1.29, 1.82) is 0 Å². The molecule has 0 aliphatic carbocycles. The maximum atomic E-state index is 5.73. The van der Waals surface area contributed by atoms with Crippen LogP contribution < -0.4 is 10.6 Å². The normalized spacial score (nSPS) is 8.25. The molecule has 0 nitrogen and oxygen atoms in total. The van der Waals surface area contributed by atoms with Gasteiger partial charge in [0.15, 0.2) is 0 Å². The summed E-state index contributed by atoms with van der Waals surface area (Å²) >= 11 is 11.4. The Kier molecular flexibility index (Phi) is 12.6. The largest absolute Gasteiger partial charge is 0.748 e. The Labute approximate surface area is 135 Å². The van der Waals surface area contributed by atoms with Crippen LogP contribution >= 0.6 is 41.7 Å². The first-order chi connectivity index (χ1) is 6.63. The standard InChI is InChI=1S/C5H5Cl2P2.C5H5.Fe.Pd/c6-2-1-3(8)5(9)4(2)7;1-2-4-5-3-1;;/h1H,8-9H2;1-5H;;/q-1;-5;;. The Morgan fingerprint density at radius 1 is 1.06 bits per heavy atom. The molecule has 0 fully saturated rings. The van der Waals surface area contributed by atoms with E-state index in [1.165, 1.54) is 0 Å². The Morgan fingerprint density at radius 3 is 1.56 bits per heavy atom. The third-order valence-electron chi connectivity index (χ3n) is 1.59. The quantitative estimate of drug-likeness (QED) is 0.346. The van der Waals surface area contributed by atoms with Crippen LogP contribution in [0.4, 0.5) is 0 Å². The van der Waals surface area contributed by atoms with Gasteiger partial charge in [0.2, 0.25) is 0 Å². The second kappa shape index (κ2) is 10.3. The zero-order valence-corrected chi connectivity index (χ0v) is 14.5. The van der Waals surface area contributed by atoms with E-state index in [-0.39, 0.29) is 37.5 Å². The van der Waals surface area contributed by atoms with Crippen LogP contribution in [0.2, 0.25) is 10.0 Å². The van der Waals surface area contributed by atoms with Crippen molar-refractivity contribution >= 4 is 52.3 Å². The topological polar surface area (TPSA) is 0 Å². The van der Waals surface area contributed by atoms with Gasteiger partial charge in [0.05, 0.1) is 0 Å². The molecular formula is C10H10Cl2FeP2Pd-6. The molecule has 0 heterocycles. The smallest absolute Gasteiger partial charge is 0 e. The van der Waals surface area contributed by atoms with Gasteiger partial charge in [-0.05, 0) is 0 Å². The van der Waals surface area contributed by atoms with E-state index in [0.717, 1.165) is 10.6 Å². The summed E-state index contributed by atoms with van der Waals surface area (Å²) in [6.45, 7) is 0. The summed E-state index contributed by atoms with van der Waals surface area (Å²) < 4.78 is 0. The maximum Gasteiger partial charge on any atom is 0 e. The van der Waals surface area contributed by atoms with E-state index >= 15 is 0 Å². The van der Waals surface area contributed by atoms with Crippen LogP contribution in [0.5, 0.6) is 0 Å². The minimum atomic E-state index is 0. The fourth-order valence-corrected chi connectivity index (χ4v) is 2.08. The van der Waals surface area contributed by atoms with Gasteiger partial charge in [-0.25, -0.2) is 0 Å². The molecule has 0 bridgehead atoms. The predicted octanol–water partition coefficient (Wildman–Crippen LogP) is 3.11. The Hall–Kier alpha value is 1.32. The van der Waals surface area contributed by atoms with E-state index in [0.29, 0.717) is 10.0 Å². The Bertz CT molecular complexity index is 348. The van der Waals surface area contributed by atoms with Crippen LogP contribution in [0.25, 0.3) is 0 Å². The van der Waals surface area contributed by atoms with Gasteiger partial charge in [-0.1, -0.05) is 10.0 Å². The second-order valence-electron chi connectivity index (χ2n) is 2.64. The third-order valence-corrected chi connectivity index (χ3v) is 4.01. The summed E-state index contributed by atoms with van der Waals surface area (Å²) in [5, 5.41) is 3.25. The van der Waals surface area contributed by atoms with Crippen LogP contribution in [0.1, 0.15) is 0 Å². The minimum absolute atomic E-state index is 0. The van der Waals surface area contributed by atoms with Gasteiger partial charge in [-0.15, -0.1) is 31.4 Å². The van der Waals surface area contributed by atoms with Gasteiger partial charge in [0.1, 0.15) is 0 Å². The fraction of sp³-hybridized carbons (Fsp3) is 0. The molecular weight excluding hydrogens is 415 g/mol. The molecule has 0 N–H and O–H groups in total. The SMILES string of the molecule is Pc1cc(Cl)c(Cl)[c-]1P.[Fe].[Pd].[cH-]1[cH-][cH-][cH-][cH-]1. The van der Waals surface area contributed by atoms with Crippen LogP contribution in [0.15, 0.2) is 36.4 Å². The van der Waals surface area contributed by atoms with Crippen molar-refractivity contribution in [3.8, 4) is 0 Å². The Morgan fingerprint density at radius 2 is 1.44 bits per heavy atom. The van der Waals surface area contributed by atoms with Crippen LogP contribution in [0, 0.1) is 0 Å². The molecule has 16 heavy (non-hydrogen) atoms. The van der Waals surface area contributed by atoms with E-state index in [1.807, 2.05) is 36.4 Å².